The Bertz CT molecular complexity index is 574. The highest BCUT2D eigenvalue weighted by atomic mass is 79.9. The van der Waals surface area contributed by atoms with E-state index >= 15 is 0 Å². The zero-order chi connectivity index (χ0) is 17.2. The molecule has 1 heterocycles. The predicted molar refractivity (Wildman–Crippen MR) is 91.8 cm³/mol. The third-order valence-electron chi connectivity index (χ3n) is 3.89. The third kappa shape index (κ3) is 5.18. The van der Waals surface area contributed by atoms with Crippen LogP contribution in [0.15, 0.2) is 22.7 Å². The standard InChI is InChI=1S/C17H24BrFN2O2/c1-17(2,3)23-16(22)20(4)14-7-8-21(11-14)10-12-5-6-13(19)9-15(12)18/h5-6,9,14H,7-8,10-11H2,1-4H3/t14-/m1/s1. The molecule has 1 saturated heterocycles. The first-order valence-corrected chi connectivity index (χ1v) is 8.57. The number of hydrogen-bond acceptors (Lipinski definition) is 3. The molecule has 128 valence electrons. The smallest absolute Gasteiger partial charge is 0.410 e. The van der Waals surface area contributed by atoms with Crippen LogP contribution < -0.4 is 0 Å². The van der Waals surface area contributed by atoms with E-state index in [0.29, 0.717) is 0 Å². The van der Waals surface area contributed by atoms with Crippen molar-refractivity contribution in [1.29, 1.82) is 0 Å². The van der Waals surface area contributed by atoms with Crippen LogP contribution >= 0.6 is 15.9 Å². The van der Waals surface area contributed by atoms with Gasteiger partial charge in [0.25, 0.3) is 0 Å². The number of likely N-dealkylation sites (N-methyl/N-ethyl adjacent to an activating group) is 1. The molecule has 23 heavy (non-hydrogen) atoms. The van der Waals surface area contributed by atoms with E-state index in [0.717, 1.165) is 36.1 Å². The average Bonchev–Trinajstić information content (AvgIpc) is 2.87. The summed E-state index contributed by atoms with van der Waals surface area (Å²) in [5.74, 6) is -0.246. The number of likely N-dealkylation sites (tertiary alicyclic amines) is 1. The van der Waals surface area contributed by atoms with Crippen molar-refractivity contribution < 1.29 is 13.9 Å². The highest BCUT2D eigenvalue weighted by molar-refractivity contribution is 9.10. The Kier molecular flexibility index (Phi) is 5.68. The summed E-state index contributed by atoms with van der Waals surface area (Å²) in [5, 5.41) is 0. The molecule has 0 radical (unpaired) electrons. The maximum Gasteiger partial charge on any atom is 0.410 e. The van der Waals surface area contributed by atoms with Crippen molar-refractivity contribution in [2.24, 2.45) is 0 Å². The van der Waals surface area contributed by atoms with Gasteiger partial charge in [-0.1, -0.05) is 22.0 Å². The molecule has 1 aromatic rings. The van der Waals surface area contributed by atoms with Crippen molar-refractivity contribution in [3.8, 4) is 0 Å². The van der Waals surface area contributed by atoms with E-state index < -0.39 is 5.60 Å². The molecular weight excluding hydrogens is 363 g/mol. The Morgan fingerprint density at radius 2 is 2.17 bits per heavy atom. The van der Waals surface area contributed by atoms with Crippen LogP contribution in [0.2, 0.25) is 0 Å². The van der Waals surface area contributed by atoms with Gasteiger partial charge in [0, 0.05) is 37.2 Å². The lowest BCUT2D eigenvalue weighted by Gasteiger charge is -2.28. The molecule has 1 aromatic carbocycles. The van der Waals surface area contributed by atoms with E-state index in [1.165, 1.54) is 12.1 Å². The Balaban J connectivity index is 1.91. The topological polar surface area (TPSA) is 32.8 Å². The van der Waals surface area contributed by atoms with Gasteiger partial charge in [-0.25, -0.2) is 9.18 Å². The maximum atomic E-state index is 13.2. The second-order valence-corrected chi connectivity index (χ2v) is 7.86. The summed E-state index contributed by atoms with van der Waals surface area (Å²) in [6.45, 7) is 8.03. The number of nitrogens with zero attached hydrogens (tertiary/aromatic N) is 2. The SMILES string of the molecule is CN(C(=O)OC(C)(C)C)[C@@H]1CCN(Cc2ccc(F)cc2Br)C1. The fraction of sp³-hybridized carbons (Fsp3) is 0.588. The van der Waals surface area contributed by atoms with E-state index in [9.17, 15) is 9.18 Å². The van der Waals surface area contributed by atoms with E-state index in [4.69, 9.17) is 4.74 Å². The van der Waals surface area contributed by atoms with Crippen molar-refractivity contribution in [3.05, 3.63) is 34.1 Å². The zero-order valence-electron chi connectivity index (χ0n) is 14.1. The minimum Gasteiger partial charge on any atom is -0.444 e. The van der Waals surface area contributed by atoms with E-state index in [2.05, 4.69) is 20.8 Å². The van der Waals surface area contributed by atoms with E-state index in [-0.39, 0.29) is 18.0 Å². The van der Waals surface area contributed by atoms with Crippen molar-refractivity contribution >= 4 is 22.0 Å². The molecule has 0 bridgehead atoms. The lowest BCUT2D eigenvalue weighted by atomic mass is 10.2. The largest absolute Gasteiger partial charge is 0.444 e. The van der Waals surface area contributed by atoms with Crippen molar-refractivity contribution in [3.63, 3.8) is 0 Å². The number of rotatable bonds is 3. The molecule has 0 aliphatic carbocycles. The molecular formula is C17H24BrFN2O2. The number of ether oxygens (including phenoxy) is 1. The summed E-state index contributed by atoms with van der Waals surface area (Å²) in [5.41, 5.74) is 0.565. The molecule has 0 spiro atoms. The van der Waals surface area contributed by atoms with Gasteiger partial charge in [-0.05, 0) is 44.9 Å². The molecule has 0 aromatic heterocycles. The second-order valence-electron chi connectivity index (χ2n) is 7.00. The Hall–Kier alpha value is -1.14. The van der Waals surface area contributed by atoms with Crippen LogP contribution in [0, 0.1) is 5.82 Å². The molecule has 6 heteroatoms. The van der Waals surface area contributed by atoms with Gasteiger partial charge in [-0.3, -0.25) is 4.90 Å². The Labute approximate surface area is 145 Å². The first kappa shape index (κ1) is 18.2. The minimum atomic E-state index is -0.484. The molecule has 1 atom stereocenters. The molecule has 0 saturated carbocycles. The molecule has 1 amide bonds. The van der Waals surface area contributed by atoms with Crippen molar-refractivity contribution in [2.75, 3.05) is 20.1 Å². The summed E-state index contributed by atoms with van der Waals surface area (Å²) in [4.78, 5) is 16.1. The van der Waals surface area contributed by atoms with Gasteiger partial charge in [0.05, 0.1) is 0 Å². The Morgan fingerprint density at radius 1 is 1.48 bits per heavy atom. The number of benzene rings is 1. The lowest BCUT2D eigenvalue weighted by Crippen LogP contribution is -2.42. The van der Waals surface area contributed by atoms with Gasteiger partial charge in [0.1, 0.15) is 11.4 Å². The number of amides is 1. The monoisotopic (exact) mass is 386 g/mol. The lowest BCUT2D eigenvalue weighted by molar-refractivity contribution is 0.0228. The van der Waals surface area contributed by atoms with E-state index in [1.54, 1.807) is 18.0 Å². The van der Waals surface area contributed by atoms with Gasteiger partial charge in [0.15, 0.2) is 0 Å². The summed E-state index contributed by atoms with van der Waals surface area (Å²) in [6, 6.07) is 4.89. The quantitative estimate of drug-likeness (QED) is 0.785. The molecule has 1 fully saturated rings. The summed E-state index contributed by atoms with van der Waals surface area (Å²) in [6.07, 6.45) is 0.626. The zero-order valence-corrected chi connectivity index (χ0v) is 15.7. The molecule has 0 unspecified atom stereocenters. The van der Waals surface area contributed by atoms with Gasteiger partial charge in [0.2, 0.25) is 0 Å². The molecule has 2 rings (SSSR count). The summed E-state index contributed by atoms with van der Waals surface area (Å²) < 4.78 is 19.3. The number of hydrogen-bond donors (Lipinski definition) is 0. The first-order chi connectivity index (χ1) is 10.7. The fourth-order valence-corrected chi connectivity index (χ4v) is 3.12. The highest BCUT2D eigenvalue weighted by Gasteiger charge is 2.31. The first-order valence-electron chi connectivity index (χ1n) is 7.78. The van der Waals surface area contributed by atoms with Crippen LogP contribution in [0.25, 0.3) is 0 Å². The van der Waals surface area contributed by atoms with Gasteiger partial charge >= 0.3 is 6.09 Å². The van der Waals surface area contributed by atoms with Crippen molar-refractivity contribution in [1.82, 2.24) is 9.80 Å². The number of carbonyl (C=O) groups is 1. The van der Waals surface area contributed by atoms with Gasteiger partial charge < -0.3 is 9.64 Å². The third-order valence-corrected chi connectivity index (χ3v) is 4.62. The van der Waals surface area contributed by atoms with Crippen LogP contribution in [0.1, 0.15) is 32.8 Å². The molecule has 1 aliphatic rings. The van der Waals surface area contributed by atoms with Crippen LogP contribution in [0.3, 0.4) is 0 Å². The normalized spacial score (nSPS) is 19.0. The highest BCUT2D eigenvalue weighted by Crippen LogP contribution is 2.23. The minimum absolute atomic E-state index is 0.143. The molecule has 4 nitrogen and oxygen atoms in total. The van der Waals surface area contributed by atoms with Gasteiger partial charge in [-0.15, -0.1) is 0 Å². The van der Waals surface area contributed by atoms with Crippen LogP contribution in [-0.2, 0) is 11.3 Å². The summed E-state index contributed by atoms with van der Waals surface area (Å²) >= 11 is 3.40. The summed E-state index contributed by atoms with van der Waals surface area (Å²) in [7, 11) is 1.79. The van der Waals surface area contributed by atoms with Crippen LogP contribution in [-0.4, -0.2) is 47.7 Å². The number of halogens is 2. The van der Waals surface area contributed by atoms with Crippen molar-refractivity contribution in [2.45, 2.75) is 45.4 Å². The second kappa shape index (κ2) is 7.18. The average molecular weight is 387 g/mol. The fourth-order valence-electron chi connectivity index (χ4n) is 2.65. The Morgan fingerprint density at radius 3 is 2.78 bits per heavy atom. The van der Waals surface area contributed by atoms with E-state index in [1.807, 2.05) is 20.8 Å². The molecule has 0 N–H and O–H groups in total. The van der Waals surface area contributed by atoms with Crippen LogP contribution in [0.4, 0.5) is 9.18 Å². The van der Waals surface area contributed by atoms with Gasteiger partial charge in [-0.2, -0.15) is 0 Å². The predicted octanol–water partition coefficient (Wildman–Crippen LogP) is 4.03. The molecule has 1 aliphatic heterocycles. The maximum absolute atomic E-state index is 13.2. The van der Waals surface area contributed by atoms with Crippen LogP contribution in [0.5, 0.6) is 0 Å². The number of carbonyl (C=O) groups excluding carboxylic acids is 1.